The first-order valence-electron chi connectivity index (χ1n) is 3.42. The lowest BCUT2D eigenvalue weighted by Gasteiger charge is -2.08. The molecule has 76 valence electrons. The van der Waals surface area contributed by atoms with Gasteiger partial charge in [-0.2, -0.15) is 13.2 Å². The van der Waals surface area contributed by atoms with E-state index in [0.29, 0.717) is 6.07 Å². The highest BCUT2D eigenvalue weighted by Gasteiger charge is 2.34. The summed E-state index contributed by atoms with van der Waals surface area (Å²) in [5.74, 6) is 0. The van der Waals surface area contributed by atoms with Gasteiger partial charge < -0.3 is 10.0 Å². The molecule has 2 N–H and O–H groups in total. The number of alkyl halides is 3. The summed E-state index contributed by atoms with van der Waals surface area (Å²) in [6, 6.07) is 1.57. The highest BCUT2D eigenvalue weighted by Crippen LogP contribution is 2.27. The maximum Gasteiger partial charge on any atom is 0.509 e. The molecular formula is C6H4BClF3NO2. The zero-order valence-electron chi connectivity index (χ0n) is 6.59. The van der Waals surface area contributed by atoms with E-state index in [4.69, 9.17) is 21.6 Å². The van der Waals surface area contributed by atoms with Crippen molar-refractivity contribution in [3.8, 4) is 0 Å². The average molecular weight is 225 g/mol. The Morgan fingerprint density at radius 2 is 1.86 bits per heavy atom. The van der Waals surface area contributed by atoms with Crippen LogP contribution in [0.4, 0.5) is 13.2 Å². The number of aromatic nitrogens is 1. The third-order valence-corrected chi connectivity index (χ3v) is 1.73. The van der Waals surface area contributed by atoms with Crippen molar-refractivity contribution in [2.45, 2.75) is 6.18 Å². The van der Waals surface area contributed by atoms with E-state index in [0.717, 1.165) is 6.07 Å². The van der Waals surface area contributed by atoms with Crippen LogP contribution in [0.5, 0.6) is 0 Å². The number of pyridine rings is 1. The predicted octanol–water partition coefficient (Wildman–Crippen LogP) is 0.434. The van der Waals surface area contributed by atoms with Crippen molar-refractivity contribution in [2.75, 3.05) is 0 Å². The Balaban J connectivity index is 3.20. The Morgan fingerprint density at radius 1 is 1.29 bits per heavy atom. The zero-order chi connectivity index (χ0) is 10.9. The normalized spacial score (nSPS) is 11.6. The molecule has 0 bridgehead atoms. The van der Waals surface area contributed by atoms with Crippen LogP contribution in [0.1, 0.15) is 5.69 Å². The third-order valence-electron chi connectivity index (χ3n) is 1.41. The molecule has 3 nitrogen and oxygen atoms in total. The summed E-state index contributed by atoms with van der Waals surface area (Å²) in [4.78, 5) is 2.99. The van der Waals surface area contributed by atoms with Gasteiger partial charge in [-0.1, -0.05) is 11.6 Å². The number of hydrogen-bond donors (Lipinski definition) is 2. The van der Waals surface area contributed by atoms with Crippen LogP contribution in [0.3, 0.4) is 0 Å². The van der Waals surface area contributed by atoms with Crippen LogP contribution in [-0.2, 0) is 6.18 Å². The molecule has 1 aromatic heterocycles. The van der Waals surface area contributed by atoms with Gasteiger partial charge in [0.25, 0.3) is 0 Å². The summed E-state index contributed by atoms with van der Waals surface area (Å²) in [6.45, 7) is 0. The summed E-state index contributed by atoms with van der Waals surface area (Å²) in [5.41, 5.74) is -1.83. The molecule has 0 saturated heterocycles. The van der Waals surface area contributed by atoms with Crippen LogP contribution in [0, 0.1) is 0 Å². The van der Waals surface area contributed by atoms with Gasteiger partial charge in [0, 0.05) is 0 Å². The van der Waals surface area contributed by atoms with Gasteiger partial charge in [-0.25, -0.2) is 0 Å². The number of halogens is 4. The van der Waals surface area contributed by atoms with E-state index in [-0.39, 0.29) is 5.02 Å². The standard InChI is InChI=1S/C6H4BClF3NO2/c8-3-1-2-4(6(9,10)11)12-5(3)7(13)14/h1-2,13-14H. The Bertz CT molecular complexity index is 344. The molecule has 8 heteroatoms. The molecular weight excluding hydrogens is 221 g/mol. The molecule has 0 aromatic carbocycles. The average Bonchev–Trinajstić information content (AvgIpc) is 2.02. The van der Waals surface area contributed by atoms with Gasteiger partial charge in [0.05, 0.1) is 10.6 Å². The lowest BCUT2D eigenvalue weighted by atomic mass is 9.85. The van der Waals surface area contributed by atoms with Gasteiger partial charge in [-0.05, 0) is 12.1 Å². The smallest absolute Gasteiger partial charge is 0.422 e. The molecule has 14 heavy (non-hydrogen) atoms. The second-order valence-corrected chi connectivity index (χ2v) is 2.84. The lowest BCUT2D eigenvalue weighted by molar-refractivity contribution is -0.141. The summed E-state index contributed by atoms with van der Waals surface area (Å²) < 4.78 is 36.3. The number of nitrogens with zero attached hydrogens (tertiary/aromatic N) is 1. The molecule has 1 aromatic rings. The van der Waals surface area contributed by atoms with E-state index in [1.807, 2.05) is 0 Å². The van der Waals surface area contributed by atoms with E-state index in [1.165, 1.54) is 0 Å². The third kappa shape index (κ3) is 2.37. The molecule has 0 radical (unpaired) electrons. The molecule has 0 aliphatic heterocycles. The van der Waals surface area contributed by atoms with Crippen molar-refractivity contribution in [2.24, 2.45) is 0 Å². The SMILES string of the molecule is OB(O)c1nc(C(F)(F)F)ccc1Cl. The summed E-state index contributed by atoms with van der Waals surface area (Å²) in [5, 5.41) is 17.0. The van der Waals surface area contributed by atoms with Gasteiger partial charge >= 0.3 is 13.3 Å². The first-order valence-corrected chi connectivity index (χ1v) is 3.80. The van der Waals surface area contributed by atoms with Crippen LogP contribution in [0.2, 0.25) is 5.02 Å². The van der Waals surface area contributed by atoms with Gasteiger partial charge in [-0.15, -0.1) is 0 Å². The van der Waals surface area contributed by atoms with Crippen molar-refractivity contribution >= 4 is 24.3 Å². The van der Waals surface area contributed by atoms with Crippen molar-refractivity contribution < 1.29 is 23.2 Å². The molecule has 0 aliphatic rings. The quantitative estimate of drug-likeness (QED) is 0.682. The monoisotopic (exact) mass is 225 g/mol. The number of hydrogen-bond acceptors (Lipinski definition) is 3. The fourth-order valence-electron chi connectivity index (χ4n) is 0.797. The Kier molecular flexibility index (Phi) is 3.03. The van der Waals surface area contributed by atoms with Crippen molar-refractivity contribution in [3.63, 3.8) is 0 Å². The second-order valence-electron chi connectivity index (χ2n) is 2.43. The zero-order valence-corrected chi connectivity index (χ0v) is 7.34. The molecule has 0 fully saturated rings. The summed E-state index contributed by atoms with van der Waals surface area (Å²) in [6.07, 6.45) is -4.63. The molecule has 1 rings (SSSR count). The van der Waals surface area contributed by atoms with Gasteiger partial charge in [0.15, 0.2) is 0 Å². The molecule has 0 unspecified atom stereocenters. The molecule has 0 atom stereocenters. The Labute approximate surface area is 82.3 Å². The fraction of sp³-hybridized carbons (Fsp3) is 0.167. The lowest BCUT2D eigenvalue weighted by Crippen LogP contribution is -2.35. The Hall–Kier alpha value is -0.785. The van der Waals surface area contributed by atoms with Crippen LogP contribution in [-0.4, -0.2) is 22.2 Å². The highest BCUT2D eigenvalue weighted by molar-refractivity contribution is 6.61. The van der Waals surface area contributed by atoms with E-state index in [9.17, 15) is 13.2 Å². The molecule has 0 aliphatic carbocycles. The van der Waals surface area contributed by atoms with Gasteiger partial charge in [-0.3, -0.25) is 4.98 Å². The summed E-state index contributed by atoms with van der Waals surface area (Å²) in [7, 11) is -2.12. The van der Waals surface area contributed by atoms with Crippen molar-refractivity contribution in [3.05, 3.63) is 22.8 Å². The minimum absolute atomic E-state index is 0.229. The largest absolute Gasteiger partial charge is 0.509 e. The van der Waals surface area contributed by atoms with Crippen molar-refractivity contribution in [1.82, 2.24) is 4.98 Å². The Morgan fingerprint density at radius 3 is 2.29 bits per heavy atom. The second kappa shape index (κ2) is 3.76. The summed E-state index contributed by atoms with van der Waals surface area (Å²) >= 11 is 5.39. The van der Waals surface area contributed by atoms with E-state index >= 15 is 0 Å². The molecule has 0 saturated carbocycles. The first kappa shape index (κ1) is 11.3. The minimum atomic E-state index is -4.63. The predicted molar refractivity (Wildman–Crippen MR) is 44.1 cm³/mol. The van der Waals surface area contributed by atoms with Gasteiger partial charge in [0.1, 0.15) is 5.69 Å². The van der Waals surface area contributed by atoms with Crippen LogP contribution < -0.4 is 5.59 Å². The van der Waals surface area contributed by atoms with Crippen LogP contribution >= 0.6 is 11.6 Å². The molecule has 0 amide bonds. The maximum atomic E-state index is 12.1. The van der Waals surface area contributed by atoms with E-state index in [1.54, 1.807) is 0 Å². The molecule has 0 spiro atoms. The number of rotatable bonds is 1. The van der Waals surface area contributed by atoms with E-state index < -0.39 is 24.6 Å². The molecule has 1 heterocycles. The van der Waals surface area contributed by atoms with Gasteiger partial charge in [0.2, 0.25) is 0 Å². The highest BCUT2D eigenvalue weighted by atomic mass is 35.5. The topological polar surface area (TPSA) is 53.4 Å². The fourth-order valence-corrected chi connectivity index (χ4v) is 1.000. The minimum Gasteiger partial charge on any atom is -0.422 e. The van der Waals surface area contributed by atoms with E-state index in [2.05, 4.69) is 4.98 Å². The van der Waals surface area contributed by atoms with Crippen molar-refractivity contribution in [1.29, 1.82) is 0 Å². The van der Waals surface area contributed by atoms with Crippen LogP contribution in [0.25, 0.3) is 0 Å². The van der Waals surface area contributed by atoms with Crippen LogP contribution in [0.15, 0.2) is 12.1 Å². The first-order chi connectivity index (χ1) is 6.32. The maximum absolute atomic E-state index is 12.1.